The van der Waals surface area contributed by atoms with E-state index in [0.29, 0.717) is 30.3 Å². The van der Waals surface area contributed by atoms with Crippen LogP contribution in [0.5, 0.6) is 17.4 Å². The molecule has 34 heavy (non-hydrogen) atoms. The summed E-state index contributed by atoms with van der Waals surface area (Å²) in [5.74, 6) is 0.147. The third-order valence-electron chi connectivity index (χ3n) is 4.99. The topological polar surface area (TPSA) is 128 Å². The smallest absolute Gasteiger partial charge is 0.395 e. The van der Waals surface area contributed by atoms with Crippen molar-refractivity contribution < 1.29 is 19.5 Å². The van der Waals surface area contributed by atoms with E-state index in [1.807, 2.05) is 25.1 Å². The summed E-state index contributed by atoms with van der Waals surface area (Å²) in [5, 5.41) is 22.8. The normalized spacial score (nSPS) is 11.1. The highest BCUT2D eigenvalue weighted by molar-refractivity contribution is 5.83. The van der Waals surface area contributed by atoms with Gasteiger partial charge in [-0.1, -0.05) is 48.5 Å². The molecule has 9 nitrogen and oxygen atoms in total. The molecule has 0 unspecified atom stereocenters. The number of benzene rings is 3. The summed E-state index contributed by atoms with van der Waals surface area (Å²) in [7, 11) is 0. The van der Waals surface area contributed by atoms with Crippen LogP contribution in [0, 0.1) is 10.1 Å². The quantitative estimate of drug-likeness (QED) is 0.289. The zero-order chi connectivity index (χ0) is 24.1. The van der Waals surface area contributed by atoms with E-state index in [1.165, 1.54) is 6.08 Å². The molecule has 0 aliphatic heterocycles. The molecule has 2 N–H and O–H groups in total. The standard InChI is InChI=1S/C25H21N3O6/c1-2-33-21-14-16(9-12-22-26-24(29)23(28(31)32)25(30)27-22)8-11-20(21)34-15-17-7-10-18-5-3-4-6-19(18)13-17/h3-14H,2,15H2,1H3,(H2,26,27,29,30)/b12-9-. The van der Waals surface area contributed by atoms with E-state index in [4.69, 9.17) is 9.47 Å². The highest BCUT2D eigenvalue weighted by Gasteiger charge is 2.21. The lowest BCUT2D eigenvalue weighted by atomic mass is 10.1. The number of hydrogen-bond donors (Lipinski definition) is 2. The monoisotopic (exact) mass is 459 g/mol. The second kappa shape index (κ2) is 9.86. The van der Waals surface area contributed by atoms with Crippen LogP contribution in [0.1, 0.15) is 23.9 Å². The fourth-order valence-electron chi connectivity index (χ4n) is 3.40. The number of ether oxygens (including phenoxy) is 2. The molecule has 4 aromatic rings. The van der Waals surface area contributed by atoms with Crippen LogP contribution in [0.2, 0.25) is 0 Å². The highest BCUT2D eigenvalue weighted by Crippen LogP contribution is 2.30. The van der Waals surface area contributed by atoms with Crippen LogP contribution in [0.4, 0.5) is 5.69 Å². The lowest BCUT2D eigenvalue weighted by Gasteiger charge is -2.13. The summed E-state index contributed by atoms with van der Waals surface area (Å²) in [5.41, 5.74) is -0.298. The third kappa shape index (κ3) is 5.04. The number of aromatic amines is 1. The number of H-pyrrole nitrogens is 1. The van der Waals surface area contributed by atoms with Crippen molar-refractivity contribution >= 4 is 28.6 Å². The molecular weight excluding hydrogens is 438 g/mol. The van der Waals surface area contributed by atoms with E-state index < -0.39 is 22.0 Å². The number of nitrogens with zero attached hydrogens (tertiary/aromatic N) is 2. The van der Waals surface area contributed by atoms with Crippen LogP contribution in [0.15, 0.2) is 65.5 Å². The van der Waals surface area contributed by atoms with Crippen molar-refractivity contribution in [3.8, 4) is 17.4 Å². The Kier molecular flexibility index (Phi) is 6.54. The Labute approximate surface area is 194 Å². The Morgan fingerprint density at radius 2 is 1.82 bits per heavy atom. The molecule has 0 bridgehead atoms. The molecule has 1 heterocycles. The summed E-state index contributed by atoms with van der Waals surface area (Å²) < 4.78 is 11.7. The summed E-state index contributed by atoms with van der Waals surface area (Å²) >= 11 is 0. The fraction of sp³-hybridized carbons (Fsp3) is 0.120. The van der Waals surface area contributed by atoms with E-state index in [0.717, 1.165) is 16.3 Å². The van der Waals surface area contributed by atoms with Crippen LogP contribution in [0.25, 0.3) is 22.9 Å². The first-order valence-corrected chi connectivity index (χ1v) is 10.5. The first-order chi connectivity index (χ1) is 16.4. The molecule has 0 radical (unpaired) electrons. The van der Waals surface area contributed by atoms with Gasteiger partial charge in [0, 0.05) is 0 Å². The van der Waals surface area contributed by atoms with Crippen LogP contribution in [0.3, 0.4) is 0 Å². The lowest BCUT2D eigenvalue weighted by molar-refractivity contribution is -0.387. The minimum absolute atomic E-state index is 0.0253. The first-order valence-electron chi connectivity index (χ1n) is 10.5. The molecule has 0 spiro atoms. The molecule has 0 amide bonds. The molecule has 0 atom stereocenters. The van der Waals surface area contributed by atoms with Gasteiger partial charge in [0.2, 0.25) is 0 Å². The van der Waals surface area contributed by atoms with Crippen molar-refractivity contribution in [3.05, 3.63) is 98.1 Å². The van der Waals surface area contributed by atoms with E-state index in [2.05, 4.69) is 34.2 Å². The average molecular weight is 459 g/mol. The van der Waals surface area contributed by atoms with Gasteiger partial charge in [0.25, 0.3) is 5.88 Å². The van der Waals surface area contributed by atoms with E-state index in [-0.39, 0.29) is 5.82 Å². The van der Waals surface area contributed by atoms with E-state index in [1.54, 1.807) is 24.3 Å². The van der Waals surface area contributed by atoms with Gasteiger partial charge in [-0.25, -0.2) is 0 Å². The Bertz CT molecular complexity index is 1440. The number of nitro groups is 1. The second-order valence-electron chi connectivity index (χ2n) is 7.32. The molecule has 172 valence electrons. The van der Waals surface area contributed by atoms with E-state index in [9.17, 15) is 20.0 Å². The molecule has 0 fully saturated rings. The predicted octanol–water partition coefficient (Wildman–Crippen LogP) is 4.69. The number of rotatable bonds is 8. The predicted molar refractivity (Wildman–Crippen MR) is 128 cm³/mol. The van der Waals surface area contributed by atoms with E-state index >= 15 is 0 Å². The first kappa shape index (κ1) is 22.5. The molecule has 4 rings (SSSR count). The molecule has 1 aromatic heterocycles. The number of fused-ring (bicyclic) bond motifs is 1. The molecule has 9 heteroatoms. The van der Waals surface area contributed by atoms with Gasteiger partial charge in [-0.15, -0.1) is 0 Å². The van der Waals surface area contributed by atoms with Crippen LogP contribution in [-0.4, -0.2) is 26.6 Å². The number of hydrogen-bond acceptors (Lipinski definition) is 7. The van der Waals surface area contributed by atoms with Gasteiger partial charge in [-0.05, 0) is 53.1 Å². The van der Waals surface area contributed by atoms with Crippen molar-refractivity contribution in [1.82, 2.24) is 9.97 Å². The third-order valence-corrected chi connectivity index (χ3v) is 4.99. The van der Waals surface area contributed by atoms with Crippen LogP contribution in [-0.2, 0) is 6.61 Å². The maximum absolute atomic E-state index is 11.8. The SMILES string of the molecule is CCOc1cc(/C=C\c2nc(O)c([N+](=O)[O-])c(=O)[nH]2)ccc1OCc1ccc2ccccc2c1. The second-order valence-corrected chi connectivity index (χ2v) is 7.32. The van der Waals surface area contributed by atoms with Gasteiger partial charge < -0.3 is 19.6 Å². The average Bonchev–Trinajstić information content (AvgIpc) is 2.81. The molecule has 0 aliphatic carbocycles. The molecule has 3 aromatic carbocycles. The van der Waals surface area contributed by atoms with Gasteiger partial charge in [0.1, 0.15) is 12.4 Å². The maximum atomic E-state index is 11.8. The van der Waals surface area contributed by atoms with Crippen molar-refractivity contribution in [3.63, 3.8) is 0 Å². The van der Waals surface area contributed by atoms with Gasteiger partial charge in [0.15, 0.2) is 11.5 Å². The van der Waals surface area contributed by atoms with Crippen molar-refractivity contribution in [2.75, 3.05) is 6.61 Å². The largest absolute Gasteiger partial charge is 0.490 e. The zero-order valence-electron chi connectivity index (χ0n) is 18.2. The number of aromatic hydroxyl groups is 1. The summed E-state index contributed by atoms with van der Waals surface area (Å²) in [6.45, 7) is 2.67. The van der Waals surface area contributed by atoms with Gasteiger partial charge in [-0.3, -0.25) is 14.9 Å². The zero-order valence-corrected chi connectivity index (χ0v) is 18.2. The minimum Gasteiger partial charge on any atom is -0.490 e. The Hall–Kier alpha value is -4.66. The Balaban J connectivity index is 1.52. The fourth-order valence-corrected chi connectivity index (χ4v) is 3.40. The number of aromatic nitrogens is 2. The van der Waals surface area contributed by atoms with Crippen molar-refractivity contribution in [2.24, 2.45) is 0 Å². The van der Waals surface area contributed by atoms with Crippen molar-refractivity contribution in [1.29, 1.82) is 0 Å². The summed E-state index contributed by atoms with van der Waals surface area (Å²) in [6.07, 6.45) is 3.05. The molecular formula is C25H21N3O6. The van der Waals surface area contributed by atoms with Crippen molar-refractivity contribution in [2.45, 2.75) is 13.5 Å². The van der Waals surface area contributed by atoms with Gasteiger partial charge >= 0.3 is 11.2 Å². The minimum atomic E-state index is -1.04. The van der Waals surface area contributed by atoms with Crippen LogP contribution < -0.4 is 15.0 Å². The summed E-state index contributed by atoms with van der Waals surface area (Å²) in [6, 6.07) is 19.6. The van der Waals surface area contributed by atoms with Gasteiger partial charge in [0.05, 0.1) is 11.5 Å². The Morgan fingerprint density at radius 3 is 2.56 bits per heavy atom. The molecule has 0 saturated heterocycles. The molecule has 0 saturated carbocycles. The maximum Gasteiger partial charge on any atom is 0.395 e. The van der Waals surface area contributed by atoms with Crippen LogP contribution >= 0.6 is 0 Å². The highest BCUT2D eigenvalue weighted by atomic mass is 16.6. The summed E-state index contributed by atoms with van der Waals surface area (Å²) in [4.78, 5) is 27.5. The molecule has 0 aliphatic rings. The number of nitrogens with one attached hydrogen (secondary N) is 1. The Morgan fingerprint density at radius 1 is 1.03 bits per heavy atom. The van der Waals surface area contributed by atoms with Gasteiger partial charge in [-0.2, -0.15) is 4.98 Å². The lowest BCUT2D eigenvalue weighted by Crippen LogP contribution is -2.14.